The molecular weight excluding hydrogens is 342 g/mol. The number of ether oxygens (including phenoxy) is 2. The van der Waals surface area contributed by atoms with Crippen LogP contribution in [0.25, 0.3) is 0 Å². The number of hydrogen-bond donors (Lipinski definition) is 0. The normalized spacial score (nSPS) is 18.1. The van der Waals surface area contributed by atoms with Gasteiger partial charge in [0.25, 0.3) is 0 Å². The summed E-state index contributed by atoms with van der Waals surface area (Å²) in [5, 5.41) is 0. The Labute approximate surface area is 159 Å². The average molecular weight is 367 g/mol. The summed E-state index contributed by atoms with van der Waals surface area (Å²) in [4.78, 5) is 24.1. The molecule has 1 aromatic heterocycles. The number of aromatic nitrogens is 2. The highest BCUT2D eigenvalue weighted by atomic mass is 16.5. The van der Waals surface area contributed by atoms with E-state index in [1.165, 1.54) is 0 Å². The zero-order valence-corrected chi connectivity index (χ0v) is 16.1. The molecule has 2 aliphatic heterocycles. The van der Waals surface area contributed by atoms with Crippen LogP contribution >= 0.6 is 0 Å². The molecule has 0 spiro atoms. The number of rotatable bonds is 4. The Morgan fingerprint density at radius 3 is 2.96 bits per heavy atom. The fourth-order valence-corrected chi connectivity index (χ4v) is 3.79. The lowest BCUT2D eigenvalue weighted by atomic mass is 9.95. The molecular formula is C21H25N3O3. The molecule has 0 radical (unpaired) electrons. The largest absolute Gasteiger partial charge is 0.493 e. The molecule has 2 aromatic rings. The summed E-state index contributed by atoms with van der Waals surface area (Å²) in [7, 11) is 1.63. The Kier molecular flexibility index (Phi) is 4.72. The van der Waals surface area contributed by atoms with Crippen molar-refractivity contribution in [3.05, 3.63) is 47.0 Å². The second-order valence-corrected chi connectivity index (χ2v) is 7.71. The molecule has 0 fully saturated rings. The first kappa shape index (κ1) is 17.8. The Balaban J connectivity index is 1.46. The van der Waals surface area contributed by atoms with Crippen LogP contribution in [0.15, 0.2) is 24.4 Å². The van der Waals surface area contributed by atoms with Gasteiger partial charge < -0.3 is 14.4 Å². The number of fused-ring (bicyclic) bond motifs is 2. The number of nitrogens with zero attached hydrogens (tertiary/aromatic N) is 3. The molecule has 6 nitrogen and oxygen atoms in total. The predicted octanol–water partition coefficient (Wildman–Crippen LogP) is 2.78. The summed E-state index contributed by atoms with van der Waals surface area (Å²) in [5.41, 5.74) is 3.05. The number of methoxy groups -OCH3 is 1. The smallest absolute Gasteiger partial charge is 0.230 e. The van der Waals surface area contributed by atoms with Crippen molar-refractivity contribution in [1.82, 2.24) is 14.9 Å². The van der Waals surface area contributed by atoms with Crippen LogP contribution in [0.5, 0.6) is 11.5 Å². The number of benzene rings is 1. The van der Waals surface area contributed by atoms with E-state index in [1.54, 1.807) is 7.11 Å². The van der Waals surface area contributed by atoms with Gasteiger partial charge >= 0.3 is 0 Å². The summed E-state index contributed by atoms with van der Waals surface area (Å²) in [6, 6.07) is 5.82. The van der Waals surface area contributed by atoms with Gasteiger partial charge in [0.1, 0.15) is 12.4 Å². The predicted molar refractivity (Wildman–Crippen MR) is 101 cm³/mol. The quantitative estimate of drug-likeness (QED) is 0.831. The first-order chi connectivity index (χ1) is 13.0. The highest BCUT2D eigenvalue weighted by molar-refractivity contribution is 5.80. The average Bonchev–Trinajstić information content (AvgIpc) is 3.09. The molecule has 0 unspecified atom stereocenters. The zero-order chi connectivity index (χ0) is 19.0. The molecule has 142 valence electrons. The summed E-state index contributed by atoms with van der Waals surface area (Å²) < 4.78 is 11.2. The van der Waals surface area contributed by atoms with Crippen molar-refractivity contribution in [2.45, 2.75) is 39.8 Å². The molecule has 0 saturated heterocycles. The molecule has 6 heteroatoms. The number of para-hydroxylation sites is 1. The third kappa shape index (κ3) is 3.48. The lowest BCUT2D eigenvalue weighted by Gasteiger charge is -2.28. The second kappa shape index (κ2) is 7.18. The van der Waals surface area contributed by atoms with E-state index in [1.807, 2.05) is 29.3 Å². The molecule has 0 aliphatic carbocycles. The van der Waals surface area contributed by atoms with Gasteiger partial charge in [-0.25, -0.2) is 9.97 Å². The highest BCUT2D eigenvalue weighted by Crippen LogP contribution is 2.37. The summed E-state index contributed by atoms with van der Waals surface area (Å²) in [6.45, 7) is 5.83. The third-order valence-corrected chi connectivity index (χ3v) is 5.13. The van der Waals surface area contributed by atoms with Gasteiger partial charge in [-0.15, -0.1) is 0 Å². The molecule has 1 aromatic carbocycles. The molecule has 0 saturated carbocycles. The summed E-state index contributed by atoms with van der Waals surface area (Å²) >= 11 is 0. The number of hydrogen-bond acceptors (Lipinski definition) is 5. The monoisotopic (exact) mass is 367 g/mol. The summed E-state index contributed by atoms with van der Waals surface area (Å²) in [6.07, 6.45) is 3.41. The molecule has 4 rings (SSSR count). The van der Waals surface area contributed by atoms with E-state index in [-0.39, 0.29) is 11.8 Å². The second-order valence-electron chi connectivity index (χ2n) is 7.71. The molecule has 1 atom stereocenters. The summed E-state index contributed by atoms with van der Waals surface area (Å²) in [5.74, 6) is 2.80. The van der Waals surface area contributed by atoms with Crippen LogP contribution in [0.2, 0.25) is 0 Å². The standard InChI is InChI=1S/C21H25N3O3/c1-13(2)7-19-22-9-16-10-24(11-17(16)23-19)21(25)15-8-14-5-4-6-18(26-3)20(14)27-12-15/h4-6,9,13,15H,7-8,10-12H2,1-3H3/t15-/m1/s1. The van der Waals surface area contributed by atoms with Gasteiger partial charge in [-0.1, -0.05) is 26.0 Å². The van der Waals surface area contributed by atoms with E-state index >= 15 is 0 Å². The number of carbonyl (C=O) groups excluding carboxylic acids is 1. The van der Waals surface area contributed by atoms with Crippen LogP contribution in [-0.2, 0) is 30.7 Å². The Hall–Kier alpha value is -2.63. The van der Waals surface area contributed by atoms with Crippen molar-refractivity contribution in [2.24, 2.45) is 11.8 Å². The Morgan fingerprint density at radius 2 is 2.19 bits per heavy atom. The minimum atomic E-state index is -0.179. The highest BCUT2D eigenvalue weighted by Gasteiger charge is 2.34. The van der Waals surface area contributed by atoms with Crippen LogP contribution in [0.3, 0.4) is 0 Å². The molecule has 0 N–H and O–H groups in total. The molecule has 0 bridgehead atoms. The van der Waals surface area contributed by atoms with E-state index in [4.69, 9.17) is 9.47 Å². The van der Waals surface area contributed by atoms with Crippen LogP contribution in [-0.4, -0.2) is 34.5 Å². The van der Waals surface area contributed by atoms with Crippen molar-refractivity contribution in [1.29, 1.82) is 0 Å². The van der Waals surface area contributed by atoms with Gasteiger partial charge in [0.2, 0.25) is 5.91 Å². The van der Waals surface area contributed by atoms with Gasteiger partial charge in [-0.2, -0.15) is 0 Å². The molecule has 2 aliphatic rings. The SMILES string of the molecule is COc1cccc2c1OC[C@H](C(=O)N1Cc3cnc(CC(C)C)nc3C1)C2. The van der Waals surface area contributed by atoms with Crippen molar-refractivity contribution in [3.8, 4) is 11.5 Å². The number of carbonyl (C=O) groups is 1. The van der Waals surface area contributed by atoms with Crippen molar-refractivity contribution in [2.75, 3.05) is 13.7 Å². The van der Waals surface area contributed by atoms with Crippen molar-refractivity contribution < 1.29 is 14.3 Å². The fraction of sp³-hybridized carbons (Fsp3) is 0.476. The minimum Gasteiger partial charge on any atom is -0.493 e. The van der Waals surface area contributed by atoms with Crippen molar-refractivity contribution >= 4 is 5.91 Å². The van der Waals surface area contributed by atoms with E-state index < -0.39 is 0 Å². The lowest BCUT2D eigenvalue weighted by molar-refractivity contribution is -0.137. The third-order valence-electron chi connectivity index (χ3n) is 5.13. The van der Waals surface area contributed by atoms with Crippen molar-refractivity contribution in [3.63, 3.8) is 0 Å². The maximum Gasteiger partial charge on any atom is 0.230 e. The van der Waals surface area contributed by atoms with Gasteiger partial charge in [-0.05, 0) is 24.0 Å². The topological polar surface area (TPSA) is 64.6 Å². The van der Waals surface area contributed by atoms with E-state index in [2.05, 4.69) is 23.8 Å². The van der Waals surface area contributed by atoms with E-state index in [9.17, 15) is 4.79 Å². The van der Waals surface area contributed by atoms with Gasteiger partial charge in [0.15, 0.2) is 11.5 Å². The Bertz CT molecular complexity index is 866. The van der Waals surface area contributed by atoms with E-state index in [0.717, 1.165) is 40.6 Å². The number of amides is 1. The maximum absolute atomic E-state index is 13.1. The van der Waals surface area contributed by atoms with Gasteiger partial charge in [-0.3, -0.25) is 4.79 Å². The van der Waals surface area contributed by atoms with Crippen LogP contribution in [0, 0.1) is 11.8 Å². The van der Waals surface area contributed by atoms with E-state index in [0.29, 0.717) is 32.0 Å². The van der Waals surface area contributed by atoms with Crippen LogP contribution in [0.1, 0.15) is 36.5 Å². The fourth-order valence-electron chi connectivity index (χ4n) is 3.79. The molecule has 1 amide bonds. The minimum absolute atomic E-state index is 0.117. The molecule has 3 heterocycles. The Morgan fingerprint density at radius 1 is 1.33 bits per heavy atom. The van der Waals surface area contributed by atoms with Crippen LogP contribution in [0.4, 0.5) is 0 Å². The zero-order valence-electron chi connectivity index (χ0n) is 16.1. The van der Waals surface area contributed by atoms with Gasteiger partial charge in [0, 0.05) is 24.7 Å². The lowest BCUT2D eigenvalue weighted by Crippen LogP contribution is -2.38. The molecule has 27 heavy (non-hydrogen) atoms. The maximum atomic E-state index is 13.1. The van der Waals surface area contributed by atoms with Gasteiger partial charge in [0.05, 0.1) is 25.3 Å². The first-order valence-electron chi connectivity index (χ1n) is 9.46. The first-order valence-corrected chi connectivity index (χ1v) is 9.46. The van der Waals surface area contributed by atoms with Crippen LogP contribution < -0.4 is 9.47 Å².